The van der Waals surface area contributed by atoms with Crippen molar-refractivity contribution in [2.45, 2.75) is 18.4 Å². The van der Waals surface area contributed by atoms with E-state index in [2.05, 4.69) is 37.5 Å². The van der Waals surface area contributed by atoms with Gasteiger partial charge >= 0.3 is 0 Å². The Kier molecular flexibility index (Phi) is 2.14. The van der Waals surface area contributed by atoms with Gasteiger partial charge in [-0.05, 0) is 41.4 Å². The summed E-state index contributed by atoms with van der Waals surface area (Å²) in [6.07, 6.45) is 6.29. The number of halogens is 1. The van der Waals surface area contributed by atoms with E-state index in [1.807, 2.05) is 12.4 Å². The van der Waals surface area contributed by atoms with E-state index in [4.69, 9.17) is 5.73 Å². The van der Waals surface area contributed by atoms with Crippen molar-refractivity contribution in [3.63, 3.8) is 0 Å². The fourth-order valence-corrected chi connectivity index (χ4v) is 2.47. The molecule has 3 rings (SSSR count). The average Bonchev–Trinajstić information content (AvgIpc) is 2.98. The number of nitrogens with two attached hydrogens (primary N) is 1. The van der Waals surface area contributed by atoms with Crippen molar-refractivity contribution in [2.75, 3.05) is 18.0 Å². The zero-order valence-electron chi connectivity index (χ0n) is 8.36. The van der Waals surface area contributed by atoms with Crippen LogP contribution in [0.2, 0.25) is 0 Å². The van der Waals surface area contributed by atoms with Crippen LogP contribution < -0.4 is 10.6 Å². The Hall–Kier alpha value is -0.430. The highest BCUT2D eigenvalue weighted by Gasteiger charge is 2.50. The highest BCUT2D eigenvalue weighted by atomic mass is 127. The third kappa shape index (κ3) is 1.71. The van der Waals surface area contributed by atoms with Crippen molar-refractivity contribution < 1.29 is 0 Å². The highest BCUT2D eigenvalue weighted by molar-refractivity contribution is 14.1. The summed E-state index contributed by atoms with van der Waals surface area (Å²) in [5.74, 6) is 1.56. The molecule has 0 radical (unpaired) electrons. The van der Waals surface area contributed by atoms with Gasteiger partial charge in [-0.1, -0.05) is 0 Å². The first kappa shape index (κ1) is 9.77. The number of aromatic nitrogens is 2. The molecule has 2 aliphatic rings. The largest absolute Gasteiger partial charge is 0.337 e. The maximum absolute atomic E-state index is 6.27. The van der Waals surface area contributed by atoms with Crippen molar-refractivity contribution >= 4 is 28.5 Å². The maximum atomic E-state index is 6.27. The fraction of sp³-hybridized carbons (Fsp3) is 0.600. The summed E-state index contributed by atoms with van der Waals surface area (Å²) < 4.78 is 1.07. The predicted octanol–water partition coefficient (Wildman–Crippen LogP) is 1.01. The molecule has 0 spiro atoms. The molecule has 80 valence electrons. The second kappa shape index (κ2) is 3.28. The quantitative estimate of drug-likeness (QED) is 0.828. The Morgan fingerprint density at radius 1 is 1.33 bits per heavy atom. The van der Waals surface area contributed by atoms with Crippen molar-refractivity contribution in [2.24, 2.45) is 11.7 Å². The SMILES string of the molecule is NC1(C2CC2)CN(c2ncc(I)cn2)C1. The molecule has 2 heterocycles. The zero-order valence-corrected chi connectivity index (χ0v) is 10.5. The molecule has 2 fully saturated rings. The predicted molar refractivity (Wildman–Crippen MR) is 66.6 cm³/mol. The molecule has 0 bridgehead atoms. The average molecular weight is 316 g/mol. The number of anilines is 1. The van der Waals surface area contributed by atoms with Crippen LogP contribution in [-0.4, -0.2) is 28.6 Å². The Labute approximate surface area is 102 Å². The Morgan fingerprint density at radius 3 is 2.47 bits per heavy atom. The fourth-order valence-electron chi connectivity index (χ4n) is 2.19. The van der Waals surface area contributed by atoms with Gasteiger partial charge in [0.1, 0.15) is 0 Å². The molecule has 1 saturated carbocycles. The molecule has 0 unspecified atom stereocenters. The molecule has 1 saturated heterocycles. The first-order valence-electron chi connectivity index (χ1n) is 5.19. The number of hydrogen-bond donors (Lipinski definition) is 1. The lowest BCUT2D eigenvalue weighted by Crippen LogP contribution is -2.69. The van der Waals surface area contributed by atoms with Crippen molar-refractivity contribution in [1.29, 1.82) is 0 Å². The Bertz CT molecular complexity index is 368. The first-order chi connectivity index (χ1) is 7.17. The van der Waals surface area contributed by atoms with Crippen molar-refractivity contribution in [1.82, 2.24) is 9.97 Å². The minimum absolute atomic E-state index is 0.0480. The summed E-state index contributed by atoms with van der Waals surface area (Å²) in [7, 11) is 0. The molecular weight excluding hydrogens is 303 g/mol. The molecule has 1 aromatic heterocycles. The van der Waals surface area contributed by atoms with E-state index in [-0.39, 0.29) is 5.54 Å². The van der Waals surface area contributed by atoms with Crippen LogP contribution in [0.4, 0.5) is 5.95 Å². The summed E-state index contributed by atoms with van der Waals surface area (Å²) in [6.45, 7) is 1.83. The molecule has 0 amide bonds. The molecule has 5 heteroatoms. The second-order valence-electron chi connectivity index (χ2n) is 4.56. The first-order valence-corrected chi connectivity index (χ1v) is 6.27. The molecule has 0 aromatic carbocycles. The van der Waals surface area contributed by atoms with Crippen LogP contribution in [0.3, 0.4) is 0 Å². The van der Waals surface area contributed by atoms with E-state index < -0.39 is 0 Å². The molecule has 1 aliphatic heterocycles. The van der Waals surface area contributed by atoms with Gasteiger partial charge in [0, 0.05) is 29.1 Å². The third-order valence-corrected chi connectivity index (χ3v) is 3.81. The number of rotatable bonds is 2. The molecule has 2 N–H and O–H groups in total. The lowest BCUT2D eigenvalue weighted by atomic mass is 9.86. The lowest BCUT2D eigenvalue weighted by molar-refractivity contribution is 0.287. The van der Waals surface area contributed by atoms with Gasteiger partial charge in [-0.15, -0.1) is 0 Å². The third-order valence-electron chi connectivity index (χ3n) is 3.25. The van der Waals surface area contributed by atoms with Gasteiger partial charge in [-0.2, -0.15) is 0 Å². The topological polar surface area (TPSA) is 55.0 Å². The molecule has 0 atom stereocenters. The van der Waals surface area contributed by atoms with Gasteiger partial charge in [0.05, 0.1) is 5.54 Å². The van der Waals surface area contributed by atoms with Crippen LogP contribution in [0.5, 0.6) is 0 Å². The van der Waals surface area contributed by atoms with Crippen molar-refractivity contribution in [3.8, 4) is 0 Å². The van der Waals surface area contributed by atoms with Crippen molar-refractivity contribution in [3.05, 3.63) is 16.0 Å². The second-order valence-corrected chi connectivity index (χ2v) is 5.81. The summed E-state index contributed by atoms with van der Waals surface area (Å²) in [6, 6.07) is 0. The monoisotopic (exact) mass is 316 g/mol. The summed E-state index contributed by atoms with van der Waals surface area (Å²) in [4.78, 5) is 10.8. The van der Waals surface area contributed by atoms with Crippen LogP contribution in [-0.2, 0) is 0 Å². The van der Waals surface area contributed by atoms with E-state index >= 15 is 0 Å². The van der Waals surface area contributed by atoms with Gasteiger partial charge < -0.3 is 10.6 Å². The summed E-state index contributed by atoms with van der Waals surface area (Å²) in [5.41, 5.74) is 6.32. The number of nitrogens with zero attached hydrogens (tertiary/aromatic N) is 3. The van der Waals surface area contributed by atoms with Crippen LogP contribution >= 0.6 is 22.6 Å². The zero-order chi connectivity index (χ0) is 10.5. The standard InChI is InChI=1S/C10H13IN4/c11-8-3-13-9(14-4-8)15-5-10(12,6-15)7-1-2-7/h3-4,7H,1-2,5-6,12H2. The molecule has 15 heavy (non-hydrogen) atoms. The van der Waals surface area contributed by atoms with Crippen LogP contribution in [0.25, 0.3) is 0 Å². The van der Waals surface area contributed by atoms with Gasteiger partial charge in [0.2, 0.25) is 5.95 Å². The van der Waals surface area contributed by atoms with E-state index in [0.717, 1.165) is 28.5 Å². The molecule has 4 nitrogen and oxygen atoms in total. The van der Waals surface area contributed by atoms with E-state index in [9.17, 15) is 0 Å². The Balaban J connectivity index is 1.69. The summed E-state index contributed by atoms with van der Waals surface area (Å²) in [5, 5.41) is 0. The van der Waals surface area contributed by atoms with E-state index in [0.29, 0.717) is 0 Å². The normalized spacial score (nSPS) is 23.7. The number of hydrogen-bond acceptors (Lipinski definition) is 4. The smallest absolute Gasteiger partial charge is 0.225 e. The molecule has 1 aromatic rings. The lowest BCUT2D eigenvalue weighted by Gasteiger charge is -2.48. The van der Waals surface area contributed by atoms with E-state index in [1.165, 1.54) is 12.8 Å². The minimum atomic E-state index is 0.0480. The van der Waals surface area contributed by atoms with Crippen LogP contribution in [0.1, 0.15) is 12.8 Å². The van der Waals surface area contributed by atoms with Gasteiger partial charge in [0.25, 0.3) is 0 Å². The maximum Gasteiger partial charge on any atom is 0.225 e. The highest BCUT2D eigenvalue weighted by Crippen LogP contribution is 2.43. The molecule has 1 aliphatic carbocycles. The Morgan fingerprint density at radius 2 is 1.93 bits per heavy atom. The van der Waals surface area contributed by atoms with Gasteiger partial charge in [0.15, 0.2) is 0 Å². The molecular formula is C10H13IN4. The van der Waals surface area contributed by atoms with Crippen LogP contribution in [0.15, 0.2) is 12.4 Å². The van der Waals surface area contributed by atoms with Gasteiger partial charge in [-0.3, -0.25) is 0 Å². The van der Waals surface area contributed by atoms with Crippen LogP contribution in [0, 0.1) is 9.49 Å². The minimum Gasteiger partial charge on any atom is -0.337 e. The van der Waals surface area contributed by atoms with Gasteiger partial charge in [-0.25, -0.2) is 9.97 Å². The van der Waals surface area contributed by atoms with E-state index in [1.54, 1.807) is 0 Å². The summed E-state index contributed by atoms with van der Waals surface area (Å²) >= 11 is 2.21.